The molecule has 4 heteroatoms. The summed E-state index contributed by atoms with van der Waals surface area (Å²) in [4.78, 5) is 11.8. The monoisotopic (exact) mass is 314 g/mol. The van der Waals surface area contributed by atoms with Gasteiger partial charge in [0.05, 0.1) is 0 Å². The molecule has 3 nitrogen and oxygen atoms in total. The third-order valence-electron chi connectivity index (χ3n) is 3.70. The molecule has 0 bridgehead atoms. The van der Waals surface area contributed by atoms with Crippen LogP contribution in [0, 0.1) is 13.8 Å². The first kappa shape index (κ1) is 14.7. The Bertz CT molecular complexity index is 882. The van der Waals surface area contributed by atoms with Crippen LogP contribution in [0.1, 0.15) is 16.7 Å². The average Bonchev–Trinajstić information content (AvgIpc) is 2.54. The molecule has 1 heterocycles. The average molecular weight is 315 g/mol. The number of hydrogen-bond acceptors (Lipinski definition) is 3. The van der Waals surface area contributed by atoms with Gasteiger partial charge in [-0.2, -0.15) is 0 Å². The van der Waals surface area contributed by atoms with Crippen molar-refractivity contribution >= 4 is 22.6 Å². The van der Waals surface area contributed by atoms with E-state index in [-0.39, 0.29) is 5.02 Å². The standard InChI is InChI=1S/C18H15ClO3/c1-11-14-8-9-15(21-10-13-6-4-3-5-7-13)12(2)17(14)22-18(20)16(11)19/h3-9H,10H2,1-2H3. The van der Waals surface area contributed by atoms with Gasteiger partial charge in [0.15, 0.2) is 0 Å². The van der Waals surface area contributed by atoms with Gasteiger partial charge in [0.25, 0.3) is 0 Å². The molecule has 0 aliphatic rings. The van der Waals surface area contributed by atoms with E-state index in [0.717, 1.165) is 22.1 Å². The maximum atomic E-state index is 11.8. The zero-order valence-electron chi connectivity index (χ0n) is 12.4. The molecule has 0 amide bonds. The maximum Gasteiger partial charge on any atom is 0.355 e. The molecule has 3 aromatic rings. The van der Waals surface area contributed by atoms with Crippen molar-refractivity contribution in [3.05, 3.63) is 74.6 Å². The second kappa shape index (κ2) is 5.85. The molecular formula is C18H15ClO3. The van der Waals surface area contributed by atoms with Gasteiger partial charge < -0.3 is 9.15 Å². The van der Waals surface area contributed by atoms with Gasteiger partial charge in [-0.25, -0.2) is 4.79 Å². The van der Waals surface area contributed by atoms with Crippen LogP contribution in [0.5, 0.6) is 5.75 Å². The molecule has 0 aliphatic heterocycles. The van der Waals surface area contributed by atoms with Crippen molar-refractivity contribution in [2.45, 2.75) is 20.5 Å². The van der Waals surface area contributed by atoms with Crippen LogP contribution < -0.4 is 10.4 Å². The number of aryl methyl sites for hydroxylation is 2. The fourth-order valence-corrected chi connectivity index (χ4v) is 2.54. The topological polar surface area (TPSA) is 39.4 Å². The molecule has 0 saturated heterocycles. The Kier molecular flexibility index (Phi) is 3.90. The van der Waals surface area contributed by atoms with Crippen LogP contribution in [-0.2, 0) is 6.61 Å². The Balaban J connectivity index is 2.00. The zero-order chi connectivity index (χ0) is 15.7. The van der Waals surface area contributed by atoms with E-state index in [0.29, 0.717) is 17.9 Å². The van der Waals surface area contributed by atoms with Gasteiger partial charge in [0.2, 0.25) is 0 Å². The largest absolute Gasteiger partial charge is 0.488 e. The summed E-state index contributed by atoms with van der Waals surface area (Å²) < 4.78 is 11.2. The Labute approximate surface area is 133 Å². The summed E-state index contributed by atoms with van der Waals surface area (Å²) in [7, 11) is 0. The molecule has 0 N–H and O–H groups in total. The van der Waals surface area contributed by atoms with Crippen LogP contribution in [-0.4, -0.2) is 0 Å². The maximum absolute atomic E-state index is 11.8. The highest BCUT2D eigenvalue weighted by atomic mass is 35.5. The van der Waals surface area contributed by atoms with Crippen molar-refractivity contribution in [1.82, 2.24) is 0 Å². The molecule has 1 aromatic heterocycles. The predicted molar refractivity (Wildman–Crippen MR) is 87.7 cm³/mol. The molecule has 2 aromatic carbocycles. The number of ether oxygens (including phenoxy) is 1. The molecule has 0 saturated carbocycles. The predicted octanol–water partition coefficient (Wildman–Crippen LogP) is 4.64. The van der Waals surface area contributed by atoms with Gasteiger partial charge in [0, 0.05) is 10.9 Å². The molecule has 0 fully saturated rings. The van der Waals surface area contributed by atoms with E-state index < -0.39 is 5.63 Å². The summed E-state index contributed by atoms with van der Waals surface area (Å²) in [5.74, 6) is 0.696. The second-order valence-corrected chi connectivity index (χ2v) is 5.55. The van der Waals surface area contributed by atoms with E-state index in [9.17, 15) is 4.79 Å². The Morgan fingerprint density at radius 1 is 1.05 bits per heavy atom. The van der Waals surface area contributed by atoms with E-state index >= 15 is 0 Å². The lowest BCUT2D eigenvalue weighted by atomic mass is 10.1. The number of fused-ring (bicyclic) bond motifs is 1. The summed E-state index contributed by atoms with van der Waals surface area (Å²) in [6.07, 6.45) is 0. The van der Waals surface area contributed by atoms with E-state index in [4.69, 9.17) is 20.8 Å². The highest BCUT2D eigenvalue weighted by Crippen LogP contribution is 2.30. The number of rotatable bonds is 3. The van der Waals surface area contributed by atoms with Crippen molar-refractivity contribution in [3.8, 4) is 5.75 Å². The van der Waals surface area contributed by atoms with E-state index in [1.54, 1.807) is 0 Å². The first-order valence-corrected chi connectivity index (χ1v) is 7.35. The van der Waals surface area contributed by atoms with Crippen LogP contribution >= 0.6 is 11.6 Å². The minimum Gasteiger partial charge on any atom is -0.488 e. The number of benzene rings is 2. The minimum absolute atomic E-state index is 0.129. The molecule has 22 heavy (non-hydrogen) atoms. The highest BCUT2D eigenvalue weighted by Gasteiger charge is 2.13. The fourth-order valence-electron chi connectivity index (χ4n) is 2.40. The SMILES string of the molecule is Cc1c(Cl)c(=O)oc2c(C)c(OCc3ccccc3)ccc12. The van der Waals surface area contributed by atoms with Gasteiger partial charge in [-0.1, -0.05) is 41.9 Å². The zero-order valence-corrected chi connectivity index (χ0v) is 13.1. The van der Waals surface area contributed by atoms with Crippen molar-refractivity contribution in [3.63, 3.8) is 0 Å². The van der Waals surface area contributed by atoms with Gasteiger partial charge in [-0.3, -0.25) is 0 Å². The van der Waals surface area contributed by atoms with Crippen LogP contribution in [0.2, 0.25) is 5.02 Å². The summed E-state index contributed by atoms with van der Waals surface area (Å²) in [5, 5.41) is 0.957. The first-order valence-electron chi connectivity index (χ1n) is 6.97. The molecule has 112 valence electrons. The first-order chi connectivity index (χ1) is 10.6. The van der Waals surface area contributed by atoms with Crippen molar-refractivity contribution < 1.29 is 9.15 Å². The van der Waals surface area contributed by atoms with Crippen LogP contribution in [0.15, 0.2) is 51.7 Å². The fraction of sp³-hybridized carbons (Fsp3) is 0.167. The number of halogens is 1. The van der Waals surface area contributed by atoms with E-state index in [2.05, 4.69) is 0 Å². The summed E-state index contributed by atoms with van der Waals surface area (Å²) in [6.45, 7) is 4.15. The van der Waals surface area contributed by atoms with E-state index in [1.807, 2.05) is 56.3 Å². The third-order valence-corrected chi connectivity index (χ3v) is 4.14. The molecule has 0 unspecified atom stereocenters. The van der Waals surface area contributed by atoms with Crippen molar-refractivity contribution in [2.75, 3.05) is 0 Å². The Morgan fingerprint density at radius 2 is 1.77 bits per heavy atom. The molecule has 0 radical (unpaired) electrons. The van der Waals surface area contributed by atoms with Gasteiger partial charge >= 0.3 is 5.63 Å². The Hall–Kier alpha value is -2.26. The van der Waals surface area contributed by atoms with Crippen LogP contribution in [0.4, 0.5) is 0 Å². The molecule has 0 aliphatic carbocycles. The van der Waals surface area contributed by atoms with Crippen molar-refractivity contribution in [2.24, 2.45) is 0 Å². The van der Waals surface area contributed by atoms with Crippen LogP contribution in [0.25, 0.3) is 11.0 Å². The minimum atomic E-state index is -0.519. The van der Waals surface area contributed by atoms with Gasteiger partial charge in [-0.05, 0) is 37.1 Å². The molecule has 3 rings (SSSR count). The summed E-state index contributed by atoms with van der Waals surface area (Å²) in [5.41, 5.74) is 2.61. The Morgan fingerprint density at radius 3 is 2.50 bits per heavy atom. The highest BCUT2D eigenvalue weighted by molar-refractivity contribution is 6.31. The van der Waals surface area contributed by atoms with Gasteiger partial charge in [-0.15, -0.1) is 0 Å². The molecule has 0 spiro atoms. The van der Waals surface area contributed by atoms with Gasteiger partial charge in [0.1, 0.15) is 23.0 Å². The van der Waals surface area contributed by atoms with E-state index in [1.165, 1.54) is 0 Å². The summed E-state index contributed by atoms with van der Waals surface area (Å²) in [6, 6.07) is 13.6. The number of hydrogen-bond donors (Lipinski definition) is 0. The lowest BCUT2D eigenvalue weighted by Gasteiger charge is -2.12. The lowest BCUT2D eigenvalue weighted by Crippen LogP contribution is -2.04. The van der Waals surface area contributed by atoms with Crippen LogP contribution in [0.3, 0.4) is 0 Å². The molecule has 0 atom stereocenters. The summed E-state index contributed by atoms with van der Waals surface area (Å²) >= 11 is 5.95. The third kappa shape index (κ3) is 2.60. The van der Waals surface area contributed by atoms with Crippen molar-refractivity contribution in [1.29, 1.82) is 0 Å². The molecular weight excluding hydrogens is 300 g/mol. The smallest absolute Gasteiger partial charge is 0.355 e. The normalized spacial score (nSPS) is 10.9. The quantitative estimate of drug-likeness (QED) is 0.661. The second-order valence-electron chi connectivity index (χ2n) is 5.17. The lowest BCUT2D eigenvalue weighted by molar-refractivity contribution is 0.304.